The van der Waals surface area contributed by atoms with Crippen LogP contribution in [-0.2, 0) is 6.54 Å². The molecule has 3 heterocycles. The molecular formula is C16H19N5O. The Labute approximate surface area is 129 Å². The van der Waals surface area contributed by atoms with Gasteiger partial charge in [-0.2, -0.15) is 5.10 Å². The number of hydrogen-bond acceptors (Lipinski definition) is 4. The molecule has 114 valence electrons. The Hall–Kier alpha value is -2.24. The van der Waals surface area contributed by atoms with Gasteiger partial charge in [0.25, 0.3) is 5.91 Å². The van der Waals surface area contributed by atoms with Crippen LogP contribution in [0.3, 0.4) is 0 Å². The van der Waals surface area contributed by atoms with Crippen LogP contribution < -0.4 is 0 Å². The molecule has 1 aliphatic heterocycles. The van der Waals surface area contributed by atoms with Crippen molar-refractivity contribution < 1.29 is 4.79 Å². The Balaban J connectivity index is 1.62. The van der Waals surface area contributed by atoms with E-state index >= 15 is 0 Å². The molecule has 2 aromatic rings. The Morgan fingerprint density at radius 1 is 1.27 bits per heavy atom. The first-order valence-electron chi connectivity index (χ1n) is 7.81. The van der Waals surface area contributed by atoms with Gasteiger partial charge in [0.1, 0.15) is 5.82 Å². The quantitative estimate of drug-likeness (QED) is 0.851. The van der Waals surface area contributed by atoms with Crippen molar-refractivity contribution in [3.05, 3.63) is 41.2 Å². The molecule has 0 aromatic carbocycles. The SMILES string of the molecule is Cc1cncc(C(=O)N2CCn3nc(C4CC4)nc3[C@H]2C)c1. The van der Waals surface area contributed by atoms with E-state index in [9.17, 15) is 4.79 Å². The Morgan fingerprint density at radius 2 is 2.09 bits per heavy atom. The Kier molecular flexibility index (Phi) is 2.99. The monoisotopic (exact) mass is 297 g/mol. The van der Waals surface area contributed by atoms with Crippen LogP contribution in [0.2, 0.25) is 0 Å². The molecule has 6 heteroatoms. The fourth-order valence-electron chi connectivity index (χ4n) is 3.01. The highest BCUT2D eigenvalue weighted by Crippen LogP contribution is 2.39. The van der Waals surface area contributed by atoms with Crippen molar-refractivity contribution in [3.63, 3.8) is 0 Å². The van der Waals surface area contributed by atoms with Crippen LogP contribution in [0.15, 0.2) is 18.5 Å². The third-order valence-corrected chi connectivity index (χ3v) is 4.44. The fourth-order valence-corrected chi connectivity index (χ4v) is 3.01. The number of hydrogen-bond donors (Lipinski definition) is 0. The van der Waals surface area contributed by atoms with E-state index < -0.39 is 0 Å². The van der Waals surface area contributed by atoms with Gasteiger partial charge in [0, 0.05) is 24.9 Å². The van der Waals surface area contributed by atoms with E-state index in [1.54, 1.807) is 12.4 Å². The van der Waals surface area contributed by atoms with Crippen LogP contribution in [0, 0.1) is 6.92 Å². The normalized spacial score (nSPS) is 20.8. The minimum absolute atomic E-state index is 0.0194. The summed E-state index contributed by atoms with van der Waals surface area (Å²) in [5.41, 5.74) is 1.64. The van der Waals surface area contributed by atoms with E-state index in [-0.39, 0.29) is 11.9 Å². The second kappa shape index (κ2) is 4.90. The molecule has 1 aliphatic carbocycles. The largest absolute Gasteiger partial charge is 0.327 e. The summed E-state index contributed by atoms with van der Waals surface area (Å²) in [6, 6.07) is 1.83. The fraction of sp³-hybridized carbons (Fsp3) is 0.500. The number of rotatable bonds is 2. The molecule has 6 nitrogen and oxygen atoms in total. The van der Waals surface area contributed by atoms with Crippen molar-refractivity contribution in [1.82, 2.24) is 24.6 Å². The molecule has 0 bridgehead atoms. The zero-order valence-electron chi connectivity index (χ0n) is 12.9. The second-order valence-electron chi connectivity index (χ2n) is 6.25. The van der Waals surface area contributed by atoms with E-state index in [2.05, 4.69) is 15.1 Å². The van der Waals surface area contributed by atoms with Crippen molar-refractivity contribution in [1.29, 1.82) is 0 Å². The molecular weight excluding hydrogens is 278 g/mol. The highest BCUT2D eigenvalue weighted by Gasteiger charge is 2.34. The Bertz CT molecular complexity index is 734. The molecule has 2 aliphatic rings. The number of carbonyl (C=O) groups is 1. The maximum atomic E-state index is 12.8. The van der Waals surface area contributed by atoms with Gasteiger partial charge in [-0.3, -0.25) is 9.78 Å². The van der Waals surface area contributed by atoms with Gasteiger partial charge in [0.2, 0.25) is 0 Å². The van der Waals surface area contributed by atoms with Crippen LogP contribution in [0.4, 0.5) is 0 Å². The minimum atomic E-state index is -0.0539. The lowest BCUT2D eigenvalue weighted by Gasteiger charge is -2.32. The summed E-state index contributed by atoms with van der Waals surface area (Å²) in [5.74, 6) is 2.41. The molecule has 2 aromatic heterocycles. The predicted molar refractivity (Wildman–Crippen MR) is 80.4 cm³/mol. The summed E-state index contributed by atoms with van der Waals surface area (Å²) >= 11 is 0. The summed E-state index contributed by atoms with van der Waals surface area (Å²) in [5, 5.41) is 4.60. The lowest BCUT2D eigenvalue weighted by molar-refractivity contribution is 0.0630. The van der Waals surface area contributed by atoms with Crippen LogP contribution in [0.25, 0.3) is 0 Å². The smallest absolute Gasteiger partial charge is 0.256 e. The van der Waals surface area contributed by atoms with Gasteiger partial charge in [0.15, 0.2) is 5.82 Å². The molecule has 1 amide bonds. The summed E-state index contributed by atoms with van der Waals surface area (Å²) in [4.78, 5) is 23.4. The van der Waals surface area contributed by atoms with Gasteiger partial charge in [0.05, 0.1) is 18.2 Å². The van der Waals surface area contributed by atoms with E-state index in [0.717, 1.165) is 17.2 Å². The molecule has 0 saturated heterocycles. The van der Waals surface area contributed by atoms with Crippen molar-refractivity contribution in [2.45, 2.75) is 45.2 Å². The van der Waals surface area contributed by atoms with Gasteiger partial charge in [-0.1, -0.05) is 0 Å². The van der Waals surface area contributed by atoms with Gasteiger partial charge in [-0.05, 0) is 38.3 Å². The lowest BCUT2D eigenvalue weighted by atomic mass is 10.1. The van der Waals surface area contributed by atoms with Gasteiger partial charge in [-0.15, -0.1) is 0 Å². The average molecular weight is 297 g/mol. The van der Waals surface area contributed by atoms with Crippen molar-refractivity contribution in [2.75, 3.05) is 6.54 Å². The maximum Gasteiger partial charge on any atom is 0.256 e. The molecule has 0 N–H and O–H groups in total. The first kappa shape index (κ1) is 13.4. The van der Waals surface area contributed by atoms with E-state index in [0.29, 0.717) is 24.6 Å². The molecule has 22 heavy (non-hydrogen) atoms. The van der Waals surface area contributed by atoms with E-state index in [1.807, 2.05) is 29.5 Å². The molecule has 0 radical (unpaired) electrons. The summed E-state index contributed by atoms with van der Waals surface area (Å²) in [6.45, 7) is 5.35. The average Bonchev–Trinajstić information content (AvgIpc) is 3.27. The third kappa shape index (κ3) is 2.19. The number of pyridine rings is 1. The van der Waals surface area contributed by atoms with E-state index in [1.165, 1.54) is 12.8 Å². The number of aryl methyl sites for hydroxylation is 1. The first-order chi connectivity index (χ1) is 10.6. The molecule has 0 spiro atoms. The zero-order chi connectivity index (χ0) is 15.3. The highest BCUT2D eigenvalue weighted by molar-refractivity contribution is 5.94. The third-order valence-electron chi connectivity index (χ3n) is 4.44. The van der Waals surface area contributed by atoms with Crippen molar-refractivity contribution >= 4 is 5.91 Å². The van der Waals surface area contributed by atoms with Crippen LogP contribution in [0.1, 0.15) is 59.3 Å². The standard InChI is InChI=1S/C16H19N5O/c1-10-7-13(9-17-8-10)16(22)20-5-6-21-15(11(20)2)18-14(19-21)12-3-4-12/h7-9,11-12H,3-6H2,1-2H3/t11-/m1/s1. The van der Waals surface area contributed by atoms with Crippen LogP contribution in [-0.4, -0.2) is 37.1 Å². The number of amides is 1. The van der Waals surface area contributed by atoms with E-state index in [4.69, 9.17) is 0 Å². The Morgan fingerprint density at radius 3 is 2.82 bits per heavy atom. The second-order valence-corrected chi connectivity index (χ2v) is 6.25. The summed E-state index contributed by atoms with van der Waals surface area (Å²) < 4.78 is 1.97. The number of nitrogens with zero attached hydrogens (tertiary/aromatic N) is 5. The molecule has 0 unspecified atom stereocenters. The summed E-state index contributed by atoms with van der Waals surface area (Å²) in [6.07, 6.45) is 5.77. The molecule has 1 fully saturated rings. The zero-order valence-corrected chi connectivity index (χ0v) is 12.9. The van der Waals surface area contributed by atoms with Gasteiger partial charge < -0.3 is 4.90 Å². The molecule has 1 saturated carbocycles. The predicted octanol–water partition coefficient (Wildman–Crippen LogP) is 2.08. The van der Waals surface area contributed by atoms with Crippen molar-refractivity contribution in [3.8, 4) is 0 Å². The van der Waals surface area contributed by atoms with Crippen molar-refractivity contribution in [2.24, 2.45) is 0 Å². The van der Waals surface area contributed by atoms with Gasteiger partial charge in [-0.25, -0.2) is 9.67 Å². The highest BCUT2D eigenvalue weighted by atomic mass is 16.2. The molecule has 4 rings (SSSR count). The molecule has 1 atom stereocenters. The van der Waals surface area contributed by atoms with Crippen LogP contribution in [0.5, 0.6) is 0 Å². The van der Waals surface area contributed by atoms with Crippen LogP contribution >= 0.6 is 0 Å². The summed E-state index contributed by atoms with van der Waals surface area (Å²) in [7, 11) is 0. The maximum absolute atomic E-state index is 12.8. The topological polar surface area (TPSA) is 63.9 Å². The first-order valence-corrected chi connectivity index (χ1v) is 7.81. The number of aromatic nitrogens is 4. The van der Waals surface area contributed by atoms with Gasteiger partial charge >= 0.3 is 0 Å². The number of carbonyl (C=O) groups excluding carboxylic acids is 1. The number of fused-ring (bicyclic) bond motifs is 1. The lowest BCUT2D eigenvalue weighted by Crippen LogP contribution is -2.41. The minimum Gasteiger partial charge on any atom is -0.327 e.